The fraction of sp³-hybridized carbons (Fsp3) is 0.172. The summed E-state index contributed by atoms with van der Waals surface area (Å²) in [4.78, 5) is 0. The smallest absolute Gasteiger partial charge is 0.123 e. The third-order valence-corrected chi connectivity index (χ3v) is 5.72. The van der Waals surface area contributed by atoms with Crippen LogP contribution in [-0.4, -0.2) is 4.57 Å². The summed E-state index contributed by atoms with van der Waals surface area (Å²) in [5.74, 6) is 0.0417. The number of rotatable bonds is 7. The standard InChI is InChI=1S/C29H29FN2/c1-5-32-28(20(2)3)26(21(4)31-25-14-10-7-11-15-25)27(22-12-8-6-9-13-22)29(32)23-16-18-24(30)19-17-23/h6-20,31H,4-5H2,1-3H3. The van der Waals surface area contributed by atoms with E-state index in [-0.39, 0.29) is 11.7 Å². The molecule has 0 bridgehead atoms. The first-order valence-corrected chi connectivity index (χ1v) is 11.1. The van der Waals surface area contributed by atoms with Crippen LogP contribution in [0.4, 0.5) is 10.1 Å². The third-order valence-electron chi connectivity index (χ3n) is 5.72. The molecule has 0 aliphatic carbocycles. The molecule has 3 heteroatoms. The van der Waals surface area contributed by atoms with Crippen molar-refractivity contribution in [1.82, 2.24) is 4.57 Å². The highest BCUT2D eigenvalue weighted by Gasteiger charge is 2.27. The van der Waals surface area contributed by atoms with E-state index in [1.807, 2.05) is 48.5 Å². The van der Waals surface area contributed by atoms with Crippen LogP contribution in [0, 0.1) is 5.82 Å². The van der Waals surface area contributed by atoms with Gasteiger partial charge in [-0.2, -0.15) is 0 Å². The molecule has 0 aliphatic rings. The second-order valence-electron chi connectivity index (χ2n) is 8.23. The van der Waals surface area contributed by atoms with Crippen molar-refractivity contribution in [2.45, 2.75) is 33.2 Å². The zero-order valence-corrected chi connectivity index (χ0v) is 18.9. The van der Waals surface area contributed by atoms with Gasteiger partial charge < -0.3 is 9.88 Å². The largest absolute Gasteiger partial charge is 0.355 e. The number of aromatic nitrogens is 1. The first-order valence-electron chi connectivity index (χ1n) is 11.1. The van der Waals surface area contributed by atoms with Crippen LogP contribution >= 0.6 is 0 Å². The van der Waals surface area contributed by atoms with Gasteiger partial charge in [-0.25, -0.2) is 4.39 Å². The minimum absolute atomic E-state index is 0.232. The Balaban J connectivity index is 2.02. The van der Waals surface area contributed by atoms with E-state index in [1.165, 1.54) is 17.8 Å². The third kappa shape index (κ3) is 4.11. The van der Waals surface area contributed by atoms with E-state index in [0.29, 0.717) is 0 Å². The quantitative estimate of drug-likeness (QED) is 0.316. The molecule has 0 aliphatic heterocycles. The molecule has 0 fully saturated rings. The van der Waals surface area contributed by atoms with Gasteiger partial charge in [0.15, 0.2) is 0 Å². The lowest BCUT2D eigenvalue weighted by atomic mass is 9.93. The molecule has 4 rings (SSSR count). The SMILES string of the molecule is C=C(Nc1ccccc1)c1c(-c2ccccc2)c(-c2ccc(F)cc2)n(CC)c1C(C)C. The van der Waals surface area contributed by atoms with E-state index in [9.17, 15) is 4.39 Å². The Kier molecular flexibility index (Phi) is 6.27. The molecule has 0 saturated carbocycles. The summed E-state index contributed by atoms with van der Waals surface area (Å²) < 4.78 is 16.1. The summed E-state index contributed by atoms with van der Waals surface area (Å²) in [6, 6.07) is 27.3. The van der Waals surface area contributed by atoms with Crippen LogP contribution in [0.15, 0.2) is 91.5 Å². The molecule has 1 aromatic heterocycles. The van der Waals surface area contributed by atoms with Crippen molar-refractivity contribution in [3.05, 3.63) is 109 Å². The van der Waals surface area contributed by atoms with Gasteiger partial charge in [0.1, 0.15) is 5.82 Å². The Labute approximate surface area is 190 Å². The Morgan fingerprint density at radius 1 is 0.875 bits per heavy atom. The molecule has 0 atom stereocenters. The fourth-order valence-corrected chi connectivity index (χ4v) is 4.42. The summed E-state index contributed by atoms with van der Waals surface area (Å²) in [6.07, 6.45) is 0. The van der Waals surface area contributed by atoms with Crippen LogP contribution in [0.5, 0.6) is 0 Å². The van der Waals surface area contributed by atoms with Crippen LogP contribution < -0.4 is 5.32 Å². The maximum absolute atomic E-state index is 13.8. The molecule has 3 aromatic carbocycles. The molecule has 162 valence electrons. The predicted molar refractivity (Wildman–Crippen MR) is 134 cm³/mol. The summed E-state index contributed by atoms with van der Waals surface area (Å²) in [6.45, 7) is 11.8. The van der Waals surface area contributed by atoms with Crippen LogP contribution in [0.25, 0.3) is 28.1 Å². The van der Waals surface area contributed by atoms with Gasteiger partial charge in [0.2, 0.25) is 0 Å². The normalized spacial score (nSPS) is 11.0. The molecule has 0 saturated heterocycles. The van der Waals surface area contributed by atoms with Gasteiger partial charge in [-0.05, 0) is 60.4 Å². The van der Waals surface area contributed by atoms with Crippen LogP contribution in [0.3, 0.4) is 0 Å². The molecule has 2 nitrogen and oxygen atoms in total. The summed E-state index contributed by atoms with van der Waals surface area (Å²) >= 11 is 0. The molecular formula is C29H29FN2. The topological polar surface area (TPSA) is 17.0 Å². The van der Waals surface area contributed by atoms with Crippen molar-refractivity contribution in [2.24, 2.45) is 0 Å². The lowest BCUT2D eigenvalue weighted by molar-refractivity contribution is 0.627. The summed E-state index contributed by atoms with van der Waals surface area (Å²) in [7, 11) is 0. The number of halogens is 1. The number of para-hydroxylation sites is 1. The van der Waals surface area contributed by atoms with Crippen LogP contribution in [-0.2, 0) is 6.54 Å². The number of benzene rings is 3. The van der Waals surface area contributed by atoms with Crippen molar-refractivity contribution < 1.29 is 4.39 Å². The van der Waals surface area contributed by atoms with Crippen molar-refractivity contribution in [3.63, 3.8) is 0 Å². The minimum atomic E-state index is -0.232. The number of hydrogen-bond donors (Lipinski definition) is 1. The summed E-state index contributed by atoms with van der Waals surface area (Å²) in [5.41, 5.74) is 8.51. The minimum Gasteiger partial charge on any atom is -0.355 e. The molecule has 4 aromatic rings. The van der Waals surface area contributed by atoms with Gasteiger partial charge in [0, 0.05) is 34.8 Å². The van der Waals surface area contributed by atoms with E-state index in [1.54, 1.807) is 0 Å². The molecule has 0 unspecified atom stereocenters. The molecule has 1 heterocycles. The molecule has 0 spiro atoms. The first-order chi connectivity index (χ1) is 15.5. The zero-order chi connectivity index (χ0) is 22.7. The average molecular weight is 425 g/mol. The van der Waals surface area contributed by atoms with Gasteiger partial charge >= 0.3 is 0 Å². The van der Waals surface area contributed by atoms with Gasteiger partial charge in [0.25, 0.3) is 0 Å². The Morgan fingerprint density at radius 3 is 2.03 bits per heavy atom. The first kappa shape index (κ1) is 21.6. The maximum atomic E-state index is 13.8. The van der Waals surface area contributed by atoms with Gasteiger partial charge in [-0.3, -0.25) is 0 Å². The van der Waals surface area contributed by atoms with Gasteiger partial charge in [0.05, 0.1) is 5.69 Å². The number of nitrogens with one attached hydrogen (secondary N) is 1. The van der Waals surface area contributed by atoms with Crippen LogP contribution in [0.1, 0.15) is 37.9 Å². The number of hydrogen-bond acceptors (Lipinski definition) is 1. The predicted octanol–water partition coefficient (Wildman–Crippen LogP) is 8.19. The van der Waals surface area contributed by atoms with Crippen molar-refractivity contribution in [2.75, 3.05) is 5.32 Å². The number of nitrogens with zero attached hydrogens (tertiary/aromatic N) is 1. The molecular weight excluding hydrogens is 395 g/mol. The summed E-state index contributed by atoms with van der Waals surface area (Å²) in [5, 5.41) is 3.52. The van der Waals surface area contributed by atoms with E-state index >= 15 is 0 Å². The van der Waals surface area contributed by atoms with E-state index in [2.05, 4.69) is 61.5 Å². The monoisotopic (exact) mass is 424 g/mol. The molecule has 0 amide bonds. The highest BCUT2D eigenvalue weighted by atomic mass is 19.1. The van der Waals surface area contributed by atoms with E-state index < -0.39 is 0 Å². The second kappa shape index (κ2) is 9.27. The van der Waals surface area contributed by atoms with Crippen molar-refractivity contribution in [3.8, 4) is 22.4 Å². The fourth-order valence-electron chi connectivity index (χ4n) is 4.42. The van der Waals surface area contributed by atoms with E-state index in [4.69, 9.17) is 0 Å². The Morgan fingerprint density at radius 2 is 1.47 bits per heavy atom. The Hall–Kier alpha value is -3.59. The lowest BCUT2D eigenvalue weighted by Gasteiger charge is -2.17. The van der Waals surface area contributed by atoms with Gasteiger partial charge in [-0.1, -0.05) is 69.0 Å². The lowest BCUT2D eigenvalue weighted by Crippen LogP contribution is -2.07. The second-order valence-corrected chi connectivity index (χ2v) is 8.23. The highest BCUT2D eigenvalue weighted by Crippen LogP contribution is 2.44. The maximum Gasteiger partial charge on any atom is 0.123 e. The molecule has 1 N–H and O–H groups in total. The molecule has 32 heavy (non-hydrogen) atoms. The van der Waals surface area contributed by atoms with Crippen molar-refractivity contribution >= 4 is 11.4 Å². The zero-order valence-electron chi connectivity index (χ0n) is 18.9. The Bertz CT molecular complexity index is 1200. The number of anilines is 1. The van der Waals surface area contributed by atoms with Gasteiger partial charge in [-0.15, -0.1) is 0 Å². The van der Waals surface area contributed by atoms with Crippen LogP contribution in [0.2, 0.25) is 0 Å². The molecule has 0 radical (unpaired) electrons. The van der Waals surface area contributed by atoms with E-state index in [0.717, 1.165) is 45.9 Å². The average Bonchev–Trinajstić information content (AvgIpc) is 3.16. The van der Waals surface area contributed by atoms with Crippen molar-refractivity contribution in [1.29, 1.82) is 0 Å². The highest BCUT2D eigenvalue weighted by molar-refractivity contribution is 5.95.